The van der Waals surface area contributed by atoms with Gasteiger partial charge in [0.25, 0.3) is 5.91 Å². The van der Waals surface area contributed by atoms with Gasteiger partial charge in [-0.25, -0.2) is 0 Å². The zero-order valence-corrected chi connectivity index (χ0v) is 16.9. The molecule has 6 nitrogen and oxygen atoms in total. The fourth-order valence-corrected chi connectivity index (χ4v) is 4.59. The van der Waals surface area contributed by atoms with E-state index in [2.05, 4.69) is 33.2 Å². The summed E-state index contributed by atoms with van der Waals surface area (Å²) in [6.07, 6.45) is 5.92. The van der Waals surface area contributed by atoms with Crippen molar-refractivity contribution in [2.45, 2.75) is 18.5 Å². The predicted molar refractivity (Wildman–Crippen MR) is 117 cm³/mol. The third-order valence-electron chi connectivity index (χ3n) is 6.03. The van der Waals surface area contributed by atoms with E-state index in [1.807, 2.05) is 35.2 Å². The van der Waals surface area contributed by atoms with Gasteiger partial charge >= 0.3 is 0 Å². The lowest BCUT2D eigenvalue weighted by Crippen LogP contribution is -2.43. The van der Waals surface area contributed by atoms with Crippen LogP contribution in [0, 0.1) is 17.8 Å². The smallest absolute Gasteiger partial charge is 0.272 e. The molecule has 4 heterocycles. The van der Waals surface area contributed by atoms with Crippen molar-refractivity contribution in [3.8, 4) is 11.8 Å². The second-order valence-corrected chi connectivity index (χ2v) is 7.84. The van der Waals surface area contributed by atoms with Gasteiger partial charge < -0.3 is 15.3 Å². The van der Waals surface area contributed by atoms with E-state index >= 15 is 0 Å². The molecular formula is C25H22N4O2. The molecule has 0 aliphatic carbocycles. The molecule has 0 unspecified atom stereocenters. The number of aromatic nitrogens is 2. The molecule has 1 fully saturated rings. The fraction of sp³-hybridized carbons (Fsp3) is 0.240. The molecule has 2 aliphatic rings. The van der Waals surface area contributed by atoms with Crippen molar-refractivity contribution in [3.63, 3.8) is 0 Å². The number of aliphatic hydroxyl groups is 1. The minimum absolute atomic E-state index is 0.0226. The number of hydrogen-bond acceptors (Lipinski definition) is 5. The Hall–Kier alpha value is -3.69. The van der Waals surface area contributed by atoms with E-state index in [-0.39, 0.29) is 30.5 Å². The number of amides is 1. The average molecular weight is 410 g/mol. The summed E-state index contributed by atoms with van der Waals surface area (Å²) in [4.78, 5) is 23.5. The van der Waals surface area contributed by atoms with Crippen LogP contribution >= 0.6 is 0 Å². The Morgan fingerprint density at radius 3 is 2.81 bits per heavy atom. The summed E-state index contributed by atoms with van der Waals surface area (Å²) in [5, 5.41) is 13.4. The molecule has 154 valence electrons. The van der Waals surface area contributed by atoms with Crippen LogP contribution in [0.15, 0.2) is 67.1 Å². The maximum atomic E-state index is 13.2. The highest BCUT2D eigenvalue weighted by Gasteiger charge is 2.46. The molecule has 2 aliphatic heterocycles. The van der Waals surface area contributed by atoms with Gasteiger partial charge in [0, 0.05) is 47.9 Å². The molecule has 0 bridgehead atoms. The zero-order chi connectivity index (χ0) is 21.2. The van der Waals surface area contributed by atoms with Crippen LogP contribution in [-0.4, -0.2) is 45.1 Å². The SMILES string of the molecule is O=C(c1ccccn1)N1CC[C@@H]2[C@@H](CO)Nc3ccc(C#Cc4cccnc4)cc3[C@@H]21. The van der Waals surface area contributed by atoms with E-state index in [1.54, 1.807) is 30.7 Å². The van der Waals surface area contributed by atoms with E-state index in [0.717, 1.165) is 28.8 Å². The molecule has 0 saturated carbocycles. The molecule has 31 heavy (non-hydrogen) atoms. The highest BCUT2D eigenvalue weighted by molar-refractivity contribution is 5.93. The first-order chi connectivity index (χ1) is 15.2. The number of rotatable bonds is 2. The number of benzene rings is 1. The van der Waals surface area contributed by atoms with E-state index in [1.165, 1.54) is 0 Å². The van der Waals surface area contributed by atoms with Gasteiger partial charge in [-0.2, -0.15) is 0 Å². The van der Waals surface area contributed by atoms with Gasteiger partial charge in [-0.1, -0.05) is 17.9 Å². The van der Waals surface area contributed by atoms with Crippen LogP contribution < -0.4 is 5.32 Å². The van der Waals surface area contributed by atoms with Crippen LogP contribution in [0.1, 0.15) is 39.6 Å². The van der Waals surface area contributed by atoms with Crippen LogP contribution in [0.5, 0.6) is 0 Å². The number of carbonyl (C=O) groups excluding carboxylic acids is 1. The van der Waals surface area contributed by atoms with Crippen molar-refractivity contribution in [3.05, 3.63) is 89.5 Å². The van der Waals surface area contributed by atoms with E-state index in [4.69, 9.17) is 0 Å². The second kappa shape index (κ2) is 8.21. The molecule has 1 amide bonds. The quantitative estimate of drug-likeness (QED) is 0.636. The van der Waals surface area contributed by atoms with Gasteiger partial charge in [-0.15, -0.1) is 0 Å². The fourth-order valence-electron chi connectivity index (χ4n) is 4.59. The van der Waals surface area contributed by atoms with Gasteiger partial charge in [0.1, 0.15) is 5.69 Å². The van der Waals surface area contributed by atoms with Crippen molar-refractivity contribution in [1.29, 1.82) is 0 Å². The van der Waals surface area contributed by atoms with Crippen molar-refractivity contribution < 1.29 is 9.90 Å². The number of nitrogens with one attached hydrogen (secondary N) is 1. The normalized spacial score (nSPS) is 21.3. The van der Waals surface area contributed by atoms with Crippen LogP contribution in [0.2, 0.25) is 0 Å². The van der Waals surface area contributed by atoms with Gasteiger partial charge in [-0.05, 0) is 54.4 Å². The van der Waals surface area contributed by atoms with E-state index in [9.17, 15) is 9.90 Å². The Balaban J connectivity index is 1.52. The number of pyridine rings is 2. The Labute approximate surface area is 181 Å². The Bertz CT molecular complexity index is 1150. The lowest BCUT2D eigenvalue weighted by atomic mass is 9.82. The number of aliphatic hydroxyl groups excluding tert-OH is 1. The molecule has 5 rings (SSSR count). The van der Waals surface area contributed by atoms with Gasteiger partial charge in [-0.3, -0.25) is 14.8 Å². The third-order valence-corrected chi connectivity index (χ3v) is 6.03. The molecule has 0 radical (unpaired) electrons. The maximum Gasteiger partial charge on any atom is 0.272 e. The first-order valence-electron chi connectivity index (χ1n) is 10.4. The summed E-state index contributed by atoms with van der Waals surface area (Å²) < 4.78 is 0. The monoisotopic (exact) mass is 410 g/mol. The molecule has 6 heteroatoms. The van der Waals surface area contributed by atoms with Crippen molar-refractivity contribution in [2.75, 3.05) is 18.5 Å². The summed E-state index contributed by atoms with van der Waals surface area (Å²) in [7, 11) is 0. The lowest BCUT2D eigenvalue weighted by Gasteiger charge is -2.39. The molecule has 0 spiro atoms. The first kappa shape index (κ1) is 19.3. The Morgan fingerprint density at radius 1 is 1.13 bits per heavy atom. The van der Waals surface area contributed by atoms with Crippen LogP contribution in [0.3, 0.4) is 0 Å². The molecule has 2 N–H and O–H groups in total. The largest absolute Gasteiger partial charge is 0.394 e. The van der Waals surface area contributed by atoms with Crippen LogP contribution in [0.4, 0.5) is 5.69 Å². The highest BCUT2D eigenvalue weighted by Crippen LogP contribution is 2.46. The number of hydrogen-bond donors (Lipinski definition) is 2. The van der Waals surface area contributed by atoms with Crippen LogP contribution in [0.25, 0.3) is 0 Å². The minimum Gasteiger partial charge on any atom is -0.394 e. The maximum absolute atomic E-state index is 13.2. The zero-order valence-electron chi connectivity index (χ0n) is 16.9. The minimum atomic E-state index is -0.122. The molecule has 1 aromatic carbocycles. The van der Waals surface area contributed by atoms with Crippen molar-refractivity contribution in [2.24, 2.45) is 5.92 Å². The Morgan fingerprint density at radius 2 is 2.03 bits per heavy atom. The van der Waals surface area contributed by atoms with Crippen LogP contribution in [-0.2, 0) is 0 Å². The van der Waals surface area contributed by atoms with Crippen molar-refractivity contribution >= 4 is 11.6 Å². The van der Waals surface area contributed by atoms with E-state index in [0.29, 0.717) is 12.2 Å². The summed E-state index contributed by atoms with van der Waals surface area (Å²) in [6.45, 7) is 0.655. The number of anilines is 1. The summed E-state index contributed by atoms with van der Waals surface area (Å²) in [5.41, 5.74) is 4.14. The number of carbonyl (C=O) groups is 1. The van der Waals surface area contributed by atoms with Gasteiger partial charge in [0.2, 0.25) is 0 Å². The highest BCUT2D eigenvalue weighted by atomic mass is 16.3. The summed E-state index contributed by atoms with van der Waals surface area (Å²) >= 11 is 0. The van der Waals surface area contributed by atoms with Gasteiger partial charge in [0.15, 0.2) is 0 Å². The number of likely N-dealkylation sites (tertiary alicyclic amines) is 1. The first-order valence-corrected chi connectivity index (χ1v) is 10.4. The number of nitrogens with zero attached hydrogens (tertiary/aromatic N) is 3. The van der Waals surface area contributed by atoms with Crippen molar-refractivity contribution in [1.82, 2.24) is 14.9 Å². The standard InChI is InChI=1S/C25H22N4O2/c30-16-23-19-10-13-29(25(31)22-5-1-2-12-27-22)24(19)20-14-17(8-9-21(20)28-23)6-7-18-4-3-11-26-15-18/h1-5,8-9,11-12,14-15,19,23-24,28,30H,10,13,16H2/t19-,23-,24-/m1/s1. The average Bonchev–Trinajstić information content (AvgIpc) is 3.28. The summed E-state index contributed by atoms with van der Waals surface area (Å²) in [5.74, 6) is 6.40. The molecule has 1 saturated heterocycles. The molecule has 3 aromatic rings. The topological polar surface area (TPSA) is 78.4 Å². The van der Waals surface area contributed by atoms with Gasteiger partial charge in [0.05, 0.1) is 18.7 Å². The second-order valence-electron chi connectivity index (χ2n) is 7.84. The van der Waals surface area contributed by atoms with E-state index < -0.39 is 0 Å². The Kier molecular flexibility index (Phi) is 5.11. The molecule has 2 aromatic heterocycles. The molecule has 3 atom stereocenters. The molecular weight excluding hydrogens is 388 g/mol. The predicted octanol–water partition coefficient (Wildman–Crippen LogP) is 2.87. The number of fused-ring (bicyclic) bond motifs is 3. The third kappa shape index (κ3) is 3.65. The summed E-state index contributed by atoms with van der Waals surface area (Å²) in [6, 6.07) is 15.0. The lowest BCUT2D eigenvalue weighted by molar-refractivity contribution is 0.0695.